The van der Waals surface area contributed by atoms with Gasteiger partial charge in [-0.2, -0.15) is 5.10 Å². The number of aryl methyl sites for hydroxylation is 1. The average molecular weight is 303 g/mol. The number of benzene rings is 1. The van der Waals surface area contributed by atoms with Gasteiger partial charge in [0.25, 0.3) is 0 Å². The van der Waals surface area contributed by atoms with E-state index in [0.717, 1.165) is 25.1 Å². The van der Waals surface area contributed by atoms with Gasteiger partial charge in [-0.1, -0.05) is 12.1 Å². The molecule has 116 valence electrons. The third kappa shape index (κ3) is 2.93. The van der Waals surface area contributed by atoms with Crippen molar-refractivity contribution in [2.45, 2.75) is 32.2 Å². The number of para-hydroxylation sites is 1. The number of urea groups is 1. The summed E-state index contributed by atoms with van der Waals surface area (Å²) >= 11 is 0. The van der Waals surface area contributed by atoms with Gasteiger partial charge in [-0.3, -0.25) is 5.10 Å². The molecule has 1 aromatic heterocycles. The summed E-state index contributed by atoms with van der Waals surface area (Å²) in [4.78, 5) is 18.5. The van der Waals surface area contributed by atoms with Crippen molar-refractivity contribution in [1.82, 2.24) is 20.1 Å². The van der Waals surface area contributed by atoms with Crippen LogP contribution in [0.15, 0.2) is 24.3 Å². The van der Waals surface area contributed by atoms with Crippen LogP contribution in [0.2, 0.25) is 0 Å². The molecule has 2 heterocycles. The number of carbonyl (C=O) groups excluding carboxylic acids is 1. The molecule has 1 saturated heterocycles. The predicted molar refractivity (Wildman–Crippen MR) is 79.8 cm³/mol. The van der Waals surface area contributed by atoms with Gasteiger partial charge in [0.15, 0.2) is 5.82 Å². The van der Waals surface area contributed by atoms with Crippen molar-refractivity contribution in [1.29, 1.82) is 0 Å². The standard InChI is InChI=1S/C15H18FN5O/c1-10-17-14(20-19-10)13-8-4-5-9-21(13)15(22)18-12-7-3-2-6-11(12)16/h2-3,6-7,13H,4-5,8-9H2,1H3,(H,18,22)(H,17,19,20). The molecule has 0 radical (unpaired) electrons. The summed E-state index contributed by atoms with van der Waals surface area (Å²) in [5.74, 6) is 0.883. The van der Waals surface area contributed by atoms with Gasteiger partial charge in [-0.15, -0.1) is 0 Å². The number of anilines is 1. The Morgan fingerprint density at radius 2 is 2.23 bits per heavy atom. The van der Waals surface area contributed by atoms with E-state index in [1.807, 2.05) is 6.92 Å². The second kappa shape index (κ2) is 6.13. The van der Waals surface area contributed by atoms with Gasteiger partial charge in [0, 0.05) is 6.54 Å². The summed E-state index contributed by atoms with van der Waals surface area (Å²) in [5, 5.41) is 9.60. The smallest absolute Gasteiger partial charge is 0.314 e. The van der Waals surface area contributed by atoms with E-state index in [2.05, 4.69) is 20.5 Å². The molecule has 22 heavy (non-hydrogen) atoms. The highest BCUT2D eigenvalue weighted by atomic mass is 19.1. The SMILES string of the molecule is Cc1nc(C2CCCCN2C(=O)Nc2ccccc2F)n[nH]1. The van der Waals surface area contributed by atoms with Crippen LogP contribution in [0.1, 0.15) is 37.0 Å². The molecule has 7 heteroatoms. The highest BCUT2D eigenvalue weighted by Crippen LogP contribution is 2.29. The van der Waals surface area contributed by atoms with Gasteiger partial charge in [-0.25, -0.2) is 14.2 Å². The predicted octanol–water partition coefficient (Wildman–Crippen LogP) is 3.01. The monoisotopic (exact) mass is 303 g/mol. The maximum atomic E-state index is 13.7. The number of likely N-dealkylation sites (tertiary alicyclic amines) is 1. The number of hydrogen-bond donors (Lipinski definition) is 2. The van der Waals surface area contributed by atoms with E-state index in [1.54, 1.807) is 23.1 Å². The maximum Gasteiger partial charge on any atom is 0.322 e. The first-order chi connectivity index (χ1) is 10.6. The highest BCUT2D eigenvalue weighted by molar-refractivity contribution is 5.89. The molecule has 1 atom stereocenters. The number of H-pyrrole nitrogens is 1. The van der Waals surface area contributed by atoms with Gasteiger partial charge < -0.3 is 10.2 Å². The third-order valence-electron chi connectivity index (χ3n) is 3.79. The van der Waals surface area contributed by atoms with Crippen molar-refractivity contribution in [3.63, 3.8) is 0 Å². The number of aromatic nitrogens is 3. The van der Waals surface area contributed by atoms with E-state index in [4.69, 9.17) is 0 Å². The molecule has 2 aromatic rings. The second-order valence-corrected chi connectivity index (χ2v) is 5.39. The van der Waals surface area contributed by atoms with Crippen LogP contribution in [0.4, 0.5) is 14.9 Å². The first-order valence-electron chi connectivity index (χ1n) is 7.36. The quantitative estimate of drug-likeness (QED) is 0.895. The summed E-state index contributed by atoms with van der Waals surface area (Å²) in [6.45, 7) is 2.43. The van der Waals surface area contributed by atoms with Crippen molar-refractivity contribution >= 4 is 11.7 Å². The van der Waals surface area contributed by atoms with E-state index >= 15 is 0 Å². The van der Waals surface area contributed by atoms with E-state index in [9.17, 15) is 9.18 Å². The first-order valence-corrected chi connectivity index (χ1v) is 7.36. The molecule has 1 unspecified atom stereocenters. The number of carbonyl (C=O) groups is 1. The molecule has 0 bridgehead atoms. The lowest BCUT2D eigenvalue weighted by Gasteiger charge is -2.34. The molecule has 2 amide bonds. The minimum Gasteiger partial charge on any atom is -0.314 e. The zero-order valence-corrected chi connectivity index (χ0v) is 12.3. The van der Waals surface area contributed by atoms with Crippen molar-refractivity contribution in [3.05, 3.63) is 41.7 Å². The van der Waals surface area contributed by atoms with Crippen LogP contribution in [0, 0.1) is 12.7 Å². The number of piperidine rings is 1. The lowest BCUT2D eigenvalue weighted by Crippen LogP contribution is -2.41. The number of nitrogens with one attached hydrogen (secondary N) is 2. The summed E-state index contributed by atoms with van der Waals surface area (Å²) < 4.78 is 13.7. The highest BCUT2D eigenvalue weighted by Gasteiger charge is 2.31. The average Bonchev–Trinajstić information content (AvgIpc) is 2.96. The molecular formula is C15H18FN5O. The molecular weight excluding hydrogens is 285 g/mol. The Labute approximate surface area is 127 Å². The van der Waals surface area contributed by atoms with E-state index in [0.29, 0.717) is 12.4 Å². The van der Waals surface area contributed by atoms with Crippen molar-refractivity contribution in [2.75, 3.05) is 11.9 Å². The fraction of sp³-hybridized carbons (Fsp3) is 0.400. The number of amides is 2. The van der Waals surface area contributed by atoms with E-state index in [-0.39, 0.29) is 17.8 Å². The second-order valence-electron chi connectivity index (χ2n) is 5.39. The minimum absolute atomic E-state index is 0.175. The molecule has 6 nitrogen and oxygen atoms in total. The molecule has 1 fully saturated rings. The molecule has 0 spiro atoms. The van der Waals surface area contributed by atoms with Crippen LogP contribution in [0.5, 0.6) is 0 Å². The summed E-state index contributed by atoms with van der Waals surface area (Å²) in [6.07, 6.45) is 2.74. The number of hydrogen-bond acceptors (Lipinski definition) is 3. The Bertz CT molecular complexity index is 671. The van der Waals surface area contributed by atoms with Gasteiger partial charge in [0.2, 0.25) is 0 Å². The molecule has 1 aliphatic rings. The van der Waals surface area contributed by atoms with Crippen LogP contribution < -0.4 is 5.32 Å². The fourth-order valence-corrected chi connectivity index (χ4v) is 2.70. The molecule has 3 rings (SSSR count). The Balaban J connectivity index is 1.78. The third-order valence-corrected chi connectivity index (χ3v) is 3.79. The topological polar surface area (TPSA) is 73.9 Å². The Kier molecular flexibility index (Phi) is 4.04. The zero-order chi connectivity index (χ0) is 15.5. The Morgan fingerprint density at radius 1 is 1.41 bits per heavy atom. The van der Waals surface area contributed by atoms with Gasteiger partial charge >= 0.3 is 6.03 Å². The van der Waals surface area contributed by atoms with Gasteiger partial charge in [0.1, 0.15) is 11.6 Å². The normalized spacial score (nSPS) is 18.3. The fourth-order valence-electron chi connectivity index (χ4n) is 2.70. The van der Waals surface area contributed by atoms with E-state index < -0.39 is 5.82 Å². The zero-order valence-electron chi connectivity index (χ0n) is 12.3. The lowest BCUT2D eigenvalue weighted by atomic mass is 10.0. The number of rotatable bonds is 2. The van der Waals surface area contributed by atoms with Crippen LogP contribution in [-0.4, -0.2) is 32.7 Å². The summed E-state index contributed by atoms with van der Waals surface area (Å²) in [6, 6.07) is 5.64. The largest absolute Gasteiger partial charge is 0.322 e. The summed E-state index contributed by atoms with van der Waals surface area (Å²) in [5.41, 5.74) is 0.183. The van der Waals surface area contributed by atoms with Crippen molar-refractivity contribution in [2.24, 2.45) is 0 Å². The Hall–Kier alpha value is -2.44. The van der Waals surface area contributed by atoms with Crippen LogP contribution in [0.25, 0.3) is 0 Å². The molecule has 0 aliphatic carbocycles. The van der Waals surface area contributed by atoms with Crippen LogP contribution in [-0.2, 0) is 0 Å². The molecule has 0 saturated carbocycles. The number of nitrogens with zero attached hydrogens (tertiary/aromatic N) is 3. The molecule has 2 N–H and O–H groups in total. The lowest BCUT2D eigenvalue weighted by molar-refractivity contribution is 0.159. The van der Waals surface area contributed by atoms with E-state index in [1.165, 1.54) is 6.07 Å². The molecule has 1 aromatic carbocycles. The van der Waals surface area contributed by atoms with Gasteiger partial charge in [0.05, 0.1) is 11.7 Å². The molecule has 1 aliphatic heterocycles. The maximum absolute atomic E-state index is 13.7. The van der Waals surface area contributed by atoms with Crippen LogP contribution in [0.3, 0.4) is 0 Å². The van der Waals surface area contributed by atoms with Crippen molar-refractivity contribution in [3.8, 4) is 0 Å². The number of halogens is 1. The summed E-state index contributed by atoms with van der Waals surface area (Å²) in [7, 11) is 0. The van der Waals surface area contributed by atoms with Gasteiger partial charge in [-0.05, 0) is 38.3 Å². The van der Waals surface area contributed by atoms with Crippen molar-refractivity contribution < 1.29 is 9.18 Å². The minimum atomic E-state index is -0.446. The van der Waals surface area contributed by atoms with Crippen LogP contribution >= 0.6 is 0 Å². The Morgan fingerprint density at radius 3 is 2.95 bits per heavy atom. The first kappa shape index (κ1) is 14.5. The number of aromatic amines is 1.